The SMILES string of the molecule is COc1ccc(C)cc1CCSCC(=O)O. The molecule has 88 valence electrons. The van der Waals surface area contributed by atoms with Crippen LogP contribution in [0.25, 0.3) is 0 Å². The topological polar surface area (TPSA) is 46.5 Å². The fraction of sp³-hybridized carbons (Fsp3) is 0.417. The van der Waals surface area contributed by atoms with E-state index in [-0.39, 0.29) is 5.75 Å². The molecule has 0 aliphatic rings. The number of hydrogen-bond donors (Lipinski definition) is 1. The predicted octanol–water partition coefficient (Wildman–Crippen LogP) is 2.36. The lowest BCUT2D eigenvalue weighted by atomic mass is 10.1. The Bertz CT molecular complexity index is 363. The van der Waals surface area contributed by atoms with E-state index < -0.39 is 5.97 Å². The average molecular weight is 240 g/mol. The van der Waals surface area contributed by atoms with Crippen LogP contribution in [0.4, 0.5) is 0 Å². The van der Waals surface area contributed by atoms with E-state index in [1.165, 1.54) is 17.3 Å². The van der Waals surface area contributed by atoms with E-state index in [1.807, 2.05) is 19.1 Å². The second-order valence-corrected chi connectivity index (χ2v) is 4.62. The highest BCUT2D eigenvalue weighted by molar-refractivity contribution is 7.99. The summed E-state index contributed by atoms with van der Waals surface area (Å²) in [4.78, 5) is 10.3. The largest absolute Gasteiger partial charge is 0.496 e. The predicted molar refractivity (Wildman–Crippen MR) is 66.4 cm³/mol. The van der Waals surface area contributed by atoms with Gasteiger partial charge in [-0.1, -0.05) is 17.7 Å². The Morgan fingerprint density at radius 1 is 1.50 bits per heavy atom. The summed E-state index contributed by atoms with van der Waals surface area (Å²) < 4.78 is 5.25. The van der Waals surface area contributed by atoms with Crippen LogP contribution in [0.2, 0.25) is 0 Å². The molecule has 0 radical (unpaired) electrons. The first-order valence-electron chi connectivity index (χ1n) is 5.06. The zero-order chi connectivity index (χ0) is 12.0. The molecule has 1 aromatic carbocycles. The number of carbonyl (C=O) groups is 1. The summed E-state index contributed by atoms with van der Waals surface area (Å²) >= 11 is 1.43. The fourth-order valence-corrected chi connectivity index (χ4v) is 2.13. The Morgan fingerprint density at radius 2 is 2.25 bits per heavy atom. The van der Waals surface area contributed by atoms with Crippen molar-refractivity contribution in [2.75, 3.05) is 18.6 Å². The molecule has 0 heterocycles. The van der Waals surface area contributed by atoms with Crippen molar-refractivity contribution < 1.29 is 14.6 Å². The fourth-order valence-electron chi connectivity index (χ4n) is 1.44. The minimum atomic E-state index is -0.763. The zero-order valence-electron chi connectivity index (χ0n) is 9.53. The van der Waals surface area contributed by atoms with Crippen molar-refractivity contribution in [3.05, 3.63) is 29.3 Å². The molecule has 0 saturated heterocycles. The van der Waals surface area contributed by atoms with Crippen molar-refractivity contribution in [3.63, 3.8) is 0 Å². The quantitative estimate of drug-likeness (QED) is 0.775. The van der Waals surface area contributed by atoms with Gasteiger partial charge in [0.15, 0.2) is 0 Å². The highest BCUT2D eigenvalue weighted by Gasteiger charge is 2.04. The number of benzene rings is 1. The minimum Gasteiger partial charge on any atom is -0.496 e. The minimum absolute atomic E-state index is 0.161. The van der Waals surface area contributed by atoms with Crippen LogP contribution in [0.15, 0.2) is 18.2 Å². The molecule has 1 aromatic rings. The van der Waals surface area contributed by atoms with Gasteiger partial charge in [0.2, 0.25) is 0 Å². The van der Waals surface area contributed by atoms with E-state index >= 15 is 0 Å². The van der Waals surface area contributed by atoms with Gasteiger partial charge in [-0.2, -0.15) is 0 Å². The van der Waals surface area contributed by atoms with E-state index in [1.54, 1.807) is 7.11 Å². The number of methoxy groups -OCH3 is 1. The van der Waals surface area contributed by atoms with Gasteiger partial charge in [0.05, 0.1) is 12.9 Å². The lowest BCUT2D eigenvalue weighted by molar-refractivity contribution is -0.133. The molecule has 0 aliphatic carbocycles. The van der Waals surface area contributed by atoms with Gasteiger partial charge < -0.3 is 9.84 Å². The number of thioether (sulfide) groups is 1. The summed E-state index contributed by atoms with van der Waals surface area (Å²) in [6.45, 7) is 2.04. The van der Waals surface area contributed by atoms with Gasteiger partial charge in [-0.15, -0.1) is 11.8 Å². The Labute approximate surface area is 99.8 Å². The Kier molecular flexibility index (Phi) is 5.19. The normalized spacial score (nSPS) is 10.1. The summed E-state index contributed by atoms with van der Waals surface area (Å²) in [5.41, 5.74) is 2.33. The van der Waals surface area contributed by atoms with Gasteiger partial charge >= 0.3 is 5.97 Å². The summed E-state index contributed by atoms with van der Waals surface area (Å²) in [6.07, 6.45) is 0.836. The number of carboxylic acids is 1. The molecule has 0 spiro atoms. The van der Waals surface area contributed by atoms with Crippen molar-refractivity contribution >= 4 is 17.7 Å². The molecular formula is C12H16O3S. The summed E-state index contributed by atoms with van der Waals surface area (Å²) in [7, 11) is 1.65. The van der Waals surface area contributed by atoms with Crippen LogP contribution in [0, 0.1) is 6.92 Å². The smallest absolute Gasteiger partial charge is 0.313 e. The number of rotatable bonds is 6. The van der Waals surface area contributed by atoms with E-state index in [0.717, 1.165) is 23.5 Å². The van der Waals surface area contributed by atoms with Gasteiger partial charge in [0, 0.05) is 0 Å². The number of ether oxygens (including phenoxy) is 1. The highest BCUT2D eigenvalue weighted by Crippen LogP contribution is 2.21. The van der Waals surface area contributed by atoms with Crippen LogP contribution in [0.5, 0.6) is 5.75 Å². The second kappa shape index (κ2) is 6.43. The Hall–Kier alpha value is -1.16. The Balaban J connectivity index is 2.51. The lowest BCUT2D eigenvalue weighted by Crippen LogP contribution is -2.01. The van der Waals surface area contributed by atoms with Crippen molar-refractivity contribution in [3.8, 4) is 5.75 Å². The number of aryl methyl sites for hydroxylation is 2. The highest BCUT2D eigenvalue weighted by atomic mass is 32.2. The zero-order valence-corrected chi connectivity index (χ0v) is 10.3. The van der Waals surface area contributed by atoms with Crippen molar-refractivity contribution in [1.82, 2.24) is 0 Å². The molecule has 1 rings (SSSR count). The monoisotopic (exact) mass is 240 g/mol. The standard InChI is InChI=1S/C12H16O3S/c1-9-3-4-11(15-2)10(7-9)5-6-16-8-12(13)14/h3-4,7H,5-6,8H2,1-2H3,(H,13,14). The number of hydrogen-bond acceptors (Lipinski definition) is 3. The molecule has 3 nitrogen and oxygen atoms in total. The molecule has 4 heteroatoms. The van der Waals surface area contributed by atoms with Gasteiger partial charge in [0.25, 0.3) is 0 Å². The Morgan fingerprint density at radius 3 is 2.88 bits per heavy atom. The number of carboxylic acid groups (broad SMARTS) is 1. The van der Waals surface area contributed by atoms with Crippen LogP contribution >= 0.6 is 11.8 Å². The van der Waals surface area contributed by atoms with Crippen LogP contribution in [-0.2, 0) is 11.2 Å². The van der Waals surface area contributed by atoms with Gasteiger partial charge in [-0.25, -0.2) is 0 Å². The van der Waals surface area contributed by atoms with E-state index in [0.29, 0.717) is 0 Å². The van der Waals surface area contributed by atoms with Crippen molar-refractivity contribution in [1.29, 1.82) is 0 Å². The van der Waals surface area contributed by atoms with Crippen LogP contribution in [-0.4, -0.2) is 29.7 Å². The third kappa shape index (κ3) is 4.14. The van der Waals surface area contributed by atoms with Crippen LogP contribution in [0.3, 0.4) is 0 Å². The molecule has 0 amide bonds. The maximum Gasteiger partial charge on any atom is 0.313 e. The molecule has 0 aliphatic heterocycles. The first-order chi connectivity index (χ1) is 7.63. The third-order valence-electron chi connectivity index (χ3n) is 2.18. The van der Waals surface area contributed by atoms with Crippen molar-refractivity contribution in [2.45, 2.75) is 13.3 Å². The number of aliphatic carboxylic acids is 1. The van der Waals surface area contributed by atoms with Crippen molar-refractivity contribution in [2.24, 2.45) is 0 Å². The molecule has 16 heavy (non-hydrogen) atoms. The van der Waals surface area contributed by atoms with Gasteiger partial charge in [-0.3, -0.25) is 4.79 Å². The van der Waals surface area contributed by atoms with Gasteiger partial charge in [-0.05, 0) is 30.7 Å². The maximum absolute atomic E-state index is 10.3. The van der Waals surface area contributed by atoms with E-state index in [4.69, 9.17) is 9.84 Å². The first-order valence-corrected chi connectivity index (χ1v) is 6.22. The lowest BCUT2D eigenvalue weighted by Gasteiger charge is -2.08. The first kappa shape index (κ1) is 12.9. The van der Waals surface area contributed by atoms with Crippen LogP contribution in [0.1, 0.15) is 11.1 Å². The average Bonchev–Trinajstić information content (AvgIpc) is 2.24. The molecule has 0 bridgehead atoms. The van der Waals surface area contributed by atoms with Crippen LogP contribution < -0.4 is 4.74 Å². The van der Waals surface area contributed by atoms with E-state index in [9.17, 15) is 4.79 Å². The molecule has 1 N–H and O–H groups in total. The third-order valence-corrected chi connectivity index (χ3v) is 3.12. The summed E-state index contributed by atoms with van der Waals surface area (Å²) in [6, 6.07) is 6.04. The summed E-state index contributed by atoms with van der Waals surface area (Å²) in [5, 5.41) is 8.51. The molecular weight excluding hydrogens is 224 g/mol. The second-order valence-electron chi connectivity index (χ2n) is 3.51. The van der Waals surface area contributed by atoms with Gasteiger partial charge in [0.1, 0.15) is 5.75 Å². The molecule has 0 fully saturated rings. The van der Waals surface area contributed by atoms with E-state index in [2.05, 4.69) is 6.07 Å². The molecule has 0 aromatic heterocycles. The molecule has 0 atom stereocenters. The molecule has 0 saturated carbocycles. The maximum atomic E-state index is 10.3. The summed E-state index contributed by atoms with van der Waals surface area (Å²) in [5.74, 6) is 1.07. The molecule has 0 unspecified atom stereocenters.